The van der Waals surface area contributed by atoms with E-state index in [-0.39, 0.29) is 0 Å². The van der Waals surface area contributed by atoms with Gasteiger partial charge in [0.2, 0.25) is 0 Å². The topological polar surface area (TPSA) is 53.1 Å². The van der Waals surface area contributed by atoms with Crippen LogP contribution >= 0.6 is 0 Å². The molecule has 0 spiro atoms. The number of benzene rings is 2. The molecule has 0 aliphatic heterocycles. The van der Waals surface area contributed by atoms with Crippen molar-refractivity contribution in [1.29, 1.82) is 0 Å². The molecular formula is C17H17N3O. The molecule has 1 aromatic heterocycles. The highest BCUT2D eigenvalue weighted by atomic mass is 16.5. The molecule has 0 atom stereocenters. The van der Waals surface area contributed by atoms with Gasteiger partial charge >= 0.3 is 0 Å². The Bertz CT molecular complexity index is 801. The zero-order valence-electron chi connectivity index (χ0n) is 11.9. The third-order valence-electron chi connectivity index (χ3n) is 3.98. The largest absolute Gasteiger partial charge is 0.497 e. The third-order valence-corrected chi connectivity index (χ3v) is 3.98. The minimum atomic E-state index is 0.566. The van der Waals surface area contributed by atoms with Crippen molar-refractivity contribution in [3.05, 3.63) is 42.5 Å². The molecule has 1 fully saturated rings. The quantitative estimate of drug-likeness (QED) is 0.745. The van der Waals surface area contributed by atoms with E-state index in [0.29, 0.717) is 6.04 Å². The number of nitrogens with zero attached hydrogens (tertiary/aromatic N) is 2. The number of nitrogens with two attached hydrogens (primary N) is 1. The van der Waals surface area contributed by atoms with Crippen molar-refractivity contribution in [2.75, 3.05) is 12.8 Å². The van der Waals surface area contributed by atoms with Crippen LogP contribution in [0.1, 0.15) is 18.9 Å². The minimum absolute atomic E-state index is 0.566. The average Bonchev–Trinajstić information content (AvgIpc) is 3.27. The van der Waals surface area contributed by atoms with Gasteiger partial charge in [-0.1, -0.05) is 0 Å². The number of aromatic nitrogens is 2. The van der Waals surface area contributed by atoms with Crippen molar-refractivity contribution in [1.82, 2.24) is 9.55 Å². The highest BCUT2D eigenvalue weighted by molar-refractivity contribution is 5.82. The van der Waals surface area contributed by atoms with Gasteiger partial charge in [0.1, 0.15) is 11.6 Å². The summed E-state index contributed by atoms with van der Waals surface area (Å²) < 4.78 is 7.65. The molecule has 2 N–H and O–H groups in total. The number of imidazole rings is 1. The smallest absolute Gasteiger partial charge is 0.141 e. The van der Waals surface area contributed by atoms with E-state index >= 15 is 0 Å². The lowest BCUT2D eigenvalue weighted by Gasteiger charge is -2.08. The fraction of sp³-hybridized carbons (Fsp3) is 0.235. The summed E-state index contributed by atoms with van der Waals surface area (Å²) >= 11 is 0. The Morgan fingerprint density at radius 2 is 1.90 bits per heavy atom. The van der Waals surface area contributed by atoms with Crippen LogP contribution in [0.5, 0.6) is 5.75 Å². The number of methoxy groups -OCH3 is 1. The van der Waals surface area contributed by atoms with Gasteiger partial charge in [-0.25, -0.2) is 4.98 Å². The molecule has 4 heteroatoms. The van der Waals surface area contributed by atoms with Gasteiger partial charge in [-0.2, -0.15) is 0 Å². The van der Waals surface area contributed by atoms with Crippen LogP contribution in [0.3, 0.4) is 0 Å². The Morgan fingerprint density at radius 1 is 1.14 bits per heavy atom. The second-order valence-corrected chi connectivity index (χ2v) is 5.51. The van der Waals surface area contributed by atoms with Gasteiger partial charge in [-0.15, -0.1) is 0 Å². The maximum atomic E-state index is 5.78. The summed E-state index contributed by atoms with van der Waals surface area (Å²) in [7, 11) is 1.68. The Kier molecular flexibility index (Phi) is 2.64. The van der Waals surface area contributed by atoms with E-state index in [1.165, 1.54) is 18.4 Å². The van der Waals surface area contributed by atoms with E-state index in [1.807, 2.05) is 36.4 Å². The Labute approximate surface area is 123 Å². The molecule has 0 bridgehead atoms. The van der Waals surface area contributed by atoms with Crippen molar-refractivity contribution in [2.24, 2.45) is 0 Å². The zero-order valence-corrected chi connectivity index (χ0v) is 11.9. The molecule has 4 nitrogen and oxygen atoms in total. The minimum Gasteiger partial charge on any atom is -0.497 e. The molecule has 2 aromatic carbocycles. The standard InChI is InChI=1S/C17H17N3O/c1-21-14-8-9-16-15(10-14)19-17(20(16)13-6-7-13)11-2-4-12(18)5-3-11/h2-5,8-10,13H,6-7,18H2,1H3. The second kappa shape index (κ2) is 4.52. The first kappa shape index (κ1) is 12.3. The van der Waals surface area contributed by atoms with Gasteiger partial charge in [0.25, 0.3) is 0 Å². The van der Waals surface area contributed by atoms with Crippen molar-refractivity contribution < 1.29 is 4.74 Å². The molecule has 1 saturated carbocycles. The third kappa shape index (κ3) is 2.03. The van der Waals surface area contributed by atoms with E-state index < -0.39 is 0 Å². The highest BCUT2D eigenvalue weighted by Gasteiger charge is 2.28. The summed E-state index contributed by atoms with van der Waals surface area (Å²) in [6.45, 7) is 0. The molecule has 0 unspecified atom stereocenters. The Hall–Kier alpha value is -2.49. The molecule has 1 aliphatic rings. The van der Waals surface area contributed by atoms with Crippen LogP contribution in [0.25, 0.3) is 22.4 Å². The van der Waals surface area contributed by atoms with Crippen molar-refractivity contribution in [3.8, 4) is 17.1 Å². The van der Waals surface area contributed by atoms with E-state index in [1.54, 1.807) is 7.11 Å². The fourth-order valence-electron chi connectivity index (χ4n) is 2.74. The predicted molar refractivity (Wildman–Crippen MR) is 84.4 cm³/mol. The van der Waals surface area contributed by atoms with Crippen LogP contribution in [0.4, 0.5) is 5.69 Å². The fourth-order valence-corrected chi connectivity index (χ4v) is 2.74. The van der Waals surface area contributed by atoms with Gasteiger partial charge in [-0.3, -0.25) is 0 Å². The number of fused-ring (bicyclic) bond motifs is 1. The van der Waals surface area contributed by atoms with E-state index in [4.69, 9.17) is 15.5 Å². The maximum absolute atomic E-state index is 5.78. The molecule has 0 saturated heterocycles. The number of rotatable bonds is 3. The van der Waals surface area contributed by atoms with Crippen molar-refractivity contribution in [2.45, 2.75) is 18.9 Å². The van der Waals surface area contributed by atoms with Crippen LogP contribution in [0.15, 0.2) is 42.5 Å². The van der Waals surface area contributed by atoms with Crippen LogP contribution in [0.2, 0.25) is 0 Å². The normalized spacial score (nSPS) is 14.5. The number of nitrogen functional groups attached to an aromatic ring is 1. The predicted octanol–water partition coefficient (Wildman–Crippen LogP) is 3.63. The number of ether oxygens (including phenoxy) is 1. The van der Waals surface area contributed by atoms with Crippen LogP contribution in [-0.2, 0) is 0 Å². The lowest BCUT2D eigenvalue weighted by Crippen LogP contribution is -1.97. The molecule has 106 valence electrons. The van der Waals surface area contributed by atoms with Gasteiger partial charge < -0.3 is 15.0 Å². The Balaban J connectivity index is 1.94. The summed E-state index contributed by atoms with van der Waals surface area (Å²) in [6, 6.07) is 14.6. The Morgan fingerprint density at radius 3 is 2.57 bits per heavy atom. The summed E-state index contributed by atoms with van der Waals surface area (Å²) in [5.41, 5.74) is 9.81. The van der Waals surface area contributed by atoms with Crippen LogP contribution in [0, 0.1) is 0 Å². The second-order valence-electron chi connectivity index (χ2n) is 5.51. The monoisotopic (exact) mass is 279 g/mol. The van der Waals surface area contributed by atoms with E-state index in [0.717, 1.165) is 28.3 Å². The summed E-state index contributed by atoms with van der Waals surface area (Å²) in [4.78, 5) is 4.82. The summed E-state index contributed by atoms with van der Waals surface area (Å²) in [5.74, 6) is 1.85. The van der Waals surface area contributed by atoms with Gasteiger partial charge in [0.15, 0.2) is 0 Å². The molecule has 0 radical (unpaired) electrons. The van der Waals surface area contributed by atoms with Crippen molar-refractivity contribution in [3.63, 3.8) is 0 Å². The van der Waals surface area contributed by atoms with Crippen molar-refractivity contribution >= 4 is 16.7 Å². The number of hydrogen-bond donors (Lipinski definition) is 1. The van der Waals surface area contributed by atoms with E-state index in [9.17, 15) is 0 Å². The van der Waals surface area contributed by atoms with E-state index in [2.05, 4.69) is 10.6 Å². The van der Waals surface area contributed by atoms with Crippen LogP contribution < -0.4 is 10.5 Å². The molecule has 21 heavy (non-hydrogen) atoms. The average molecular weight is 279 g/mol. The summed E-state index contributed by atoms with van der Waals surface area (Å²) in [6.07, 6.45) is 2.44. The first-order valence-corrected chi connectivity index (χ1v) is 7.18. The lowest BCUT2D eigenvalue weighted by molar-refractivity contribution is 0.415. The van der Waals surface area contributed by atoms with Crippen LogP contribution in [-0.4, -0.2) is 16.7 Å². The maximum Gasteiger partial charge on any atom is 0.141 e. The van der Waals surface area contributed by atoms with Gasteiger partial charge in [0.05, 0.1) is 18.1 Å². The van der Waals surface area contributed by atoms with Gasteiger partial charge in [0, 0.05) is 23.4 Å². The highest BCUT2D eigenvalue weighted by Crippen LogP contribution is 2.41. The number of anilines is 1. The van der Waals surface area contributed by atoms with Gasteiger partial charge in [-0.05, 0) is 49.2 Å². The first-order valence-electron chi connectivity index (χ1n) is 7.18. The molecule has 1 aliphatic carbocycles. The summed E-state index contributed by atoms with van der Waals surface area (Å²) in [5, 5.41) is 0. The molecule has 4 rings (SSSR count). The lowest BCUT2D eigenvalue weighted by atomic mass is 10.2. The number of hydrogen-bond acceptors (Lipinski definition) is 3. The molecule has 3 aromatic rings. The molecule has 1 heterocycles. The zero-order chi connectivity index (χ0) is 14.4. The molecule has 0 amide bonds. The SMILES string of the molecule is COc1ccc2c(c1)nc(-c1ccc(N)cc1)n2C1CC1. The first-order chi connectivity index (χ1) is 10.3. The molecular weight excluding hydrogens is 262 g/mol.